The van der Waals surface area contributed by atoms with Crippen molar-refractivity contribution in [3.8, 4) is 5.88 Å². The summed E-state index contributed by atoms with van der Waals surface area (Å²) in [5.41, 5.74) is 1.03. The van der Waals surface area contributed by atoms with Crippen LogP contribution in [0.15, 0.2) is 36.5 Å². The van der Waals surface area contributed by atoms with Crippen molar-refractivity contribution in [2.24, 2.45) is 0 Å². The van der Waals surface area contributed by atoms with Crippen LogP contribution < -0.4 is 14.5 Å². The lowest BCUT2D eigenvalue weighted by atomic mass is 10.2. The van der Waals surface area contributed by atoms with E-state index < -0.39 is 0 Å². The summed E-state index contributed by atoms with van der Waals surface area (Å²) in [6.07, 6.45) is 2.37. The summed E-state index contributed by atoms with van der Waals surface area (Å²) in [5.74, 6) is 1.02. The Morgan fingerprint density at radius 1 is 1.04 bits per heavy atom. The third-order valence-corrected chi connectivity index (χ3v) is 5.37. The zero-order valence-corrected chi connectivity index (χ0v) is 15.7. The van der Waals surface area contributed by atoms with Gasteiger partial charge in [0.25, 0.3) is 0 Å². The van der Waals surface area contributed by atoms with Gasteiger partial charge in [-0.15, -0.1) is 10.2 Å². The van der Waals surface area contributed by atoms with Crippen LogP contribution in [0.2, 0.25) is 0 Å². The third kappa shape index (κ3) is 4.13. The maximum absolute atomic E-state index is 13.0. The molecular formula is C18H19FN6OS. The van der Waals surface area contributed by atoms with Gasteiger partial charge in [0.05, 0.1) is 7.11 Å². The molecule has 0 atom stereocenters. The number of hydrogen-bond donors (Lipinski definition) is 0. The van der Waals surface area contributed by atoms with Crippen molar-refractivity contribution in [3.63, 3.8) is 0 Å². The zero-order valence-electron chi connectivity index (χ0n) is 14.9. The Bertz CT molecular complexity index is 895. The number of halogens is 1. The fourth-order valence-electron chi connectivity index (χ4n) is 2.92. The first kappa shape index (κ1) is 17.6. The normalized spacial score (nSPS) is 14.4. The highest BCUT2D eigenvalue weighted by Crippen LogP contribution is 2.24. The molecule has 140 valence electrons. The minimum Gasteiger partial charge on any atom is -0.481 e. The van der Waals surface area contributed by atoms with Crippen LogP contribution in [0.5, 0.6) is 5.88 Å². The summed E-state index contributed by atoms with van der Waals surface area (Å²) in [6.45, 7) is 3.26. The highest BCUT2D eigenvalue weighted by Gasteiger charge is 2.22. The van der Waals surface area contributed by atoms with Crippen LogP contribution in [0.1, 0.15) is 10.6 Å². The van der Waals surface area contributed by atoms with E-state index in [2.05, 4.69) is 30.0 Å². The molecule has 3 aromatic rings. The van der Waals surface area contributed by atoms with E-state index >= 15 is 0 Å². The van der Waals surface area contributed by atoms with Gasteiger partial charge in [-0.05, 0) is 17.7 Å². The van der Waals surface area contributed by atoms with Gasteiger partial charge in [-0.1, -0.05) is 23.5 Å². The third-order valence-electron chi connectivity index (χ3n) is 4.38. The second kappa shape index (κ2) is 7.83. The lowest BCUT2D eigenvalue weighted by Gasteiger charge is -2.34. The Morgan fingerprint density at radius 3 is 2.52 bits per heavy atom. The number of anilines is 2. The molecule has 1 aromatic carbocycles. The smallest absolute Gasteiger partial charge is 0.228 e. The molecule has 0 radical (unpaired) electrons. The number of piperazine rings is 1. The van der Waals surface area contributed by atoms with Crippen LogP contribution in [0.25, 0.3) is 0 Å². The average Bonchev–Trinajstić information content (AvgIpc) is 3.18. The van der Waals surface area contributed by atoms with Gasteiger partial charge in [0.2, 0.25) is 17.0 Å². The summed E-state index contributed by atoms with van der Waals surface area (Å²) < 4.78 is 18.2. The van der Waals surface area contributed by atoms with E-state index in [1.165, 1.54) is 12.1 Å². The van der Waals surface area contributed by atoms with E-state index in [9.17, 15) is 4.39 Å². The van der Waals surface area contributed by atoms with Crippen LogP contribution >= 0.6 is 11.3 Å². The predicted octanol–water partition coefficient (Wildman–Crippen LogP) is 2.39. The first-order valence-electron chi connectivity index (χ1n) is 8.65. The standard InChI is InChI=1S/C18H19FN6OS/c1-26-15-6-7-20-17(21-15)24-8-10-25(11-9-24)18-23-22-16(27-18)12-13-2-4-14(19)5-3-13/h2-7H,8-12H2,1H3. The fraction of sp³-hybridized carbons (Fsp3) is 0.333. The van der Waals surface area contributed by atoms with Gasteiger partial charge < -0.3 is 14.5 Å². The van der Waals surface area contributed by atoms with Crippen LogP contribution in [-0.4, -0.2) is 53.5 Å². The Hall–Kier alpha value is -2.81. The highest BCUT2D eigenvalue weighted by molar-refractivity contribution is 7.15. The second-order valence-electron chi connectivity index (χ2n) is 6.15. The van der Waals surface area contributed by atoms with Gasteiger partial charge >= 0.3 is 0 Å². The minimum atomic E-state index is -0.227. The Morgan fingerprint density at radius 2 is 1.78 bits per heavy atom. The van der Waals surface area contributed by atoms with Crippen LogP contribution in [0.3, 0.4) is 0 Å². The van der Waals surface area contributed by atoms with Crippen molar-refractivity contribution < 1.29 is 9.13 Å². The first-order valence-corrected chi connectivity index (χ1v) is 9.46. The summed E-state index contributed by atoms with van der Waals surface area (Å²) in [4.78, 5) is 13.1. The van der Waals surface area contributed by atoms with Crippen LogP contribution in [-0.2, 0) is 6.42 Å². The molecule has 27 heavy (non-hydrogen) atoms. The van der Waals surface area contributed by atoms with Crippen molar-refractivity contribution in [1.29, 1.82) is 0 Å². The van der Waals surface area contributed by atoms with Crippen molar-refractivity contribution in [2.75, 3.05) is 43.1 Å². The molecule has 2 aromatic heterocycles. The maximum atomic E-state index is 13.0. The summed E-state index contributed by atoms with van der Waals surface area (Å²) in [6, 6.07) is 8.24. The Balaban J connectivity index is 1.37. The van der Waals surface area contributed by atoms with Gasteiger partial charge in [-0.25, -0.2) is 9.37 Å². The molecule has 0 bridgehead atoms. The maximum Gasteiger partial charge on any atom is 0.228 e. The predicted molar refractivity (Wildman–Crippen MR) is 102 cm³/mol. The Kier molecular flexibility index (Phi) is 5.10. The SMILES string of the molecule is COc1ccnc(N2CCN(c3nnc(Cc4ccc(F)cc4)s3)CC2)n1. The number of nitrogens with zero attached hydrogens (tertiary/aromatic N) is 6. The lowest BCUT2D eigenvalue weighted by Crippen LogP contribution is -2.47. The van der Waals surface area contributed by atoms with E-state index in [-0.39, 0.29) is 5.82 Å². The lowest BCUT2D eigenvalue weighted by molar-refractivity contribution is 0.396. The van der Waals surface area contributed by atoms with E-state index in [1.54, 1.807) is 42.8 Å². The molecule has 0 amide bonds. The molecular weight excluding hydrogens is 367 g/mol. The first-order chi connectivity index (χ1) is 13.2. The van der Waals surface area contributed by atoms with Gasteiger partial charge in [-0.3, -0.25) is 0 Å². The number of methoxy groups -OCH3 is 1. The topological polar surface area (TPSA) is 67.3 Å². The summed E-state index contributed by atoms with van der Waals surface area (Å²) in [5, 5.41) is 10.5. The summed E-state index contributed by atoms with van der Waals surface area (Å²) in [7, 11) is 1.60. The molecule has 0 aliphatic carbocycles. The quantitative estimate of drug-likeness (QED) is 0.667. The monoisotopic (exact) mass is 386 g/mol. The number of hydrogen-bond acceptors (Lipinski definition) is 8. The molecule has 4 rings (SSSR count). The zero-order chi connectivity index (χ0) is 18.6. The van der Waals surface area contributed by atoms with Crippen LogP contribution in [0.4, 0.5) is 15.5 Å². The van der Waals surface area contributed by atoms with Crippen LogP contribution in [0, 0.1) is 5.82 Å². The van der Waals surface area contributed by atoms with Crippen molar-refractivity contribution in [3.05, 3.63) is 52.9 Å². The summed E-state index contributed by atoms with van der Waals surface area (Å²) >= 11 is 1.58. The van der Waals surface area contributed by atoms with E-state index in [4.69, 9.17) is 4.74 Å². The number of rotatable bonds is 5. The Labute approximate surface area is 160 Å². The van der Waals surface area contributed by atoms with Crippen molar-refractivity contribution in [2.45, 2.75) is 6.42 Å². The van der Waals surface area contributed by atoms with Crippen molar-refractivity contribution >= 4 is 22.4 Å². The molecule has 0 saturated carbocycles. The molecule has 0 unspecified atom stereocenters. The molecule has 0 spiro atoms. The van der Waals surface area contributed by atoms with Gasteiger partial charge in [0, 0.05) is 44.9 Å². The molecule has 3 heterocycles. The molecule has 1 fully saturated rings. The van der Waals surface area contributed by atoms with Gasteiger partial charge in [-0.2, -0.15) is 4.98 Å². The number of aromatic nitrogens is 4. The molecule has 1 saturated heterocycles. The van der Waals surface area contributed by atoms with E-state index in [0.717, 1.165) is 41.9 Å². The molecule has 0 N–H and O–H groups in total. The molecule has 7 nitrogen and oxygen atoms in total. The molecule has 9 heteroatoms. The van der Waals surface area contributed by atoms with E-state index in [0.29, 0.717) is 18.2 Å². The highest BCUT2D eigenvalue weighted by atomic mass is 32.1. The average molecular weight is 386 g/mol. The number of ether oxygens (including phenoxy) is 1. The van der Waals surface area contributed by atoms with E-state index in [1.807, 2.05) is 0 Å². The fourth-order valence-corrected chi connectivity index (χ4v) is 3.84. The van der Waals surface area contributed by atoms with Gasteiger partial charge in [0.15, 0.2) is 0 Å². The van der Waals surface area contributed by atoms with Crippen molar-refractivity contribution in [1.82, 2.24) is 20.2 Å². The van der Waals surface area contributed by atoms with Gasteiger partial charge in [0.1, 0.15) is 10.8 Å². The number of benzene rings is 1. The largest absolute Gasteiger partial charge is 0.481 e. The minimum absolute atomic E-state index is 0.227. The second-order valence-corrected chi connectivity index (χ2v) is 7.20. The molecule has 1 aliphatic heterocycles. The molecule has 1 aliphatic rings.